The van der Waals surface area contributed by atoms with E-state index in [2.05, 4.69) is 43.6 Å². The predicted molar refractivity (Wildman–Crippen MR) is 219 cm³/mol. The standard InChI is InChI=1S/C20H19NO3.C9H17NO3.C7H15NO.6CH4/c1-3-12(2)11-21-20(24)13-8-9-16-17(10-13)19(23)15-7-5-4-6-14(15)18(16)22;1-3-7(2)6-10-8(11)4-5-9(12)13;1-4-6(2)5-8-7(3)9;;;;;;/h4-10,12H,3,11H2,1-2H3,(H,21,24);7H,3-6H2,1-2H3,(H,10,11)(H,12,13);6H,4-5H2,1-3H3,(H,8,9);6*1H4. The Hall–Kier alpha value is -4.34. The number of carbonyl (C=O) groups excluding carboxylic acids is 5. The lowest BCUT2D eigenvalue weighted by atomic mass is 9.83. The number of amides is 3. The zero-order chi connectivity index (χ0) is 34.8. The largest absolute Gasteiger partial charge is 0.481 e. The molecule has 0 saturated heterocycles. The zero-order valence-corrected chi connectivity index (χ0v) is 28.3. The summed E-state index contributed by atoms with van der Waals surface area (Å²) in [5.41, 5.74) is 1.88. The second-order valence-electron chi connectivity index (χ2n) is 11.8. The number of hydrogen-bond donors (Lipinski definition) is 4. The van der Waals surface area contributed by atoms with E-state index in [9.17, 15) is 28.8 Å². The van der Waals surface area contributed by atoms with E-state index in [4.69, 9.17) is 5.11 Å². The van der Waals surface area contributed by atoms with Gasteiger partial charge in [-0.05, 0) is 36.0 Å². The molecule has 3 atom stereocenters. The highest BCUT2D eigenvalue weighted by Gasteiger charge is 2.29. The lowest BCUT2D eigenvalue weighted by Crippen LogP contribution is -2.29. The summed E-state index contributed by atoms with van der Waals surface area (Å²) < 4.78 is 0. The van der Waals surface area contributed by atoms with E-state index in [1.54, 1.807) is 43.3 Å². The minimum Gasteiger partial charge on any atom is -0.481 e. The van der Waals surface area contributed by atoms with Gasteiger partial charge in [0.15, 0.2) is 11.6 Å². The van der Waals surface area contributed by atoms with Crippen molar-refractivity contribution in [2.75, 3.05) is 19.6 Å². The summed E-state index contributed by atoms with van der Waals surface area (Å²) in [4.78, 5) is 68.9. The molecule has 4 N–H and O–H groups in total. The molecule has 10 nitrogen and oxygen atoms in total. The van der Waals surface area contributed by atoms with Gasteiger partial charge in [-0.3, -0.25) is 28.8 Å². The molecule has 0 heterocycles. The lowest BCUT2D eigenvalue weighted by molar-refractivity contribution is -0.138. The van der Waals surface area contributed by atoms with Gasteiger partial charge in [-0.15, -0.1) is 0 Å². The van der Waals surface area contributed by atoms with E-state index in [0.29, 0.717) is 58.7 Å². The van der Waals surface area contributed by atoms with Gasteiger partial charge in [-0.25, -0.2) is 0 Å². The van der Waals surface area contributed by atoms with E-state index in [1.807, 2.05) is 13.8 Å². The smallest absolute Gasteiger partial charge is 0.303 e. The van der Waals surface area contributed by atoms with Crippen LogP contribution in [0.5, 0.6) is 0 Å². The first kappa shape index (κ1) is 59.8. The number of ketones is 2. The maximum absolute atomic E-state index is 12.7. The Morgan fingerprint density at radius 1 is 0.596 bits per heavy atom. The molecule has 0 fully saturated rings. The summed E-state index contributed by atoms with van der Waals surface area (Å²) in [5.74, 6) is -0.207. The molecule has 10 heteroatoms. The average Bonchev–Trinajstić information content (AvgIpc) is 3.06. The molecular weight excluding hydrogens is 658 g/mol. The number of carboxylic acid groups (broad SMARTS) is 1. The third kappa shape index (κ3) is 21.1. The van der Waals surface area contributed by atoms with Crippen LogP contribution in [0.4, 0.5) is 0 Å². The maximum atomic E-state index is 12.7. The van der Waals surface area contributed by atoms with Crippen LogP contribution in [0, 0.1) is 17.8 Å². The number of benzene rings is 2. The van der Waals surface area contributed by atoms with Crippen LogP contribution in [-0.4, -0.2) is 60.0 Å². The SMILES string of the molecule is C.C.C.C.C.C.CCC(C)CNC(=O)CCC(=O)O.CCC(C)CNC(=O)c1ccc2c(c1)C(=O)c1ccccc1C2=O.CCC(C)CNC(C)=O. The molecule has 52 heavy (non-hydrogen) atoms. The molecule has 0 radical (unpaired) electrons. The third-order valence-corrected chi connectivity index (χ3v) is 7.80. The summed E-state index contributed by atoms with van der Waals surface area (Å²) in [5, 5.41) is 16.6. The van der Waals surface area contributed by atoms with Crippen LogP contribution in [0.2, 0.25) is 0 Å². The second kappa shape index (κ2) is 31.4. The van der Waals surface area contributed by atoms with Crippen molar-refractivity contribution in [1.29, 1.82) is 0 Å². The lowest BCUT2D eigenvalue weighted by Gasteiger charge is -2.18. The van der Waals surface area contributed by atoms with Crippen LogP contribution in [0.25, 0.3) is 0 Å². The Morgan fingerprint density at radius 3 is 1.42 bits per heavy atom. The average molecular weight is 734 g/mol. The molecule has 1 aliphatic carbocycles. The van der Waals surface area contributed by atoms with Gasteiger partial charge in [0.25, 0.3) is 5.91 Å². The molecule has 300 valence electrons. The van der Waals surface area contributed by atoms with Crippen molar-refractivity contribution in [1.82, 2.24) is 16.0 Å². The molecule has 0 bridgehead atoms. The molecule has 2 aromatic carbocycles. The quantitative estimate of drug-likeness (QED) is 0.136. The Morgan fingerprint density at radius 2 is 1.00 bits per heavy atom. The monoisotopic (exact) mass is 734 g/mol. The van der Waals surface area contributed by atoms with Gasteiger partial charge in [-0.1, -0.05) is 130 Å². The molecular formula is C42H75N3O7. The highest BCUT2D eigenvalue weighted by Crippen LogP contribution is 2.27. The number of rotatable bonds is 13. The minimum absolute atomic E-state index is 0. The molecule has 3 unspecified atom stereocenters. The van der Waals surface area contributed by atoms with Crippen molar-refractivity contribution in [3.63, 3.8) is 0 Å². The fourth-order valence-electron chi connectivity index (χ4n) is 3.96. The summed E-state index contributed by atoms with van der Waals surface area (Å²) in [7, 11) is 0. The van der Waals surface area contributed by atoms with Crippen molar-refractivity contribution >= 4 is 35.3 Å². The first-order valence-electron chi connectivity index (χ1n) is 16.1. The number of nitrogens with one attached hydrogen (secondary N) is 3. The van der Waals surface area contributed by atoms with Gasteiger partial charge in [0.1, 0.15) is 0 Å². The zero-order valence-electron chi connectivity index (χ0n) is 28.3. The summed E-state index contributed by atoms with van der Waals surface area (Å²) >= 11 is 0. The van der Waals surface area contributed by atoms with Crippen molar-refractivity contribution < 1.29 is 33.9 Å². The highest BCUT2D eigenvalue weighted by molar-refractivity contribution is 6.28. The van der Waals surface area contributed by atoms with Gasteiger partial charge in [0.2, 0.25) is 11.8 Å². The molecule has 2 aromatic rings. The molecule has 3 rings (SSSR count). The van der Waals surface area contributed by atoms with Crippen molar-refractivity contribution in [3.8, 4) is 0 Å². The van der Waals surface area contributed by atoms with E-state index in [-0.39, 0.29) is 86.7 Å². The Kier molecular flexibility index (Phi) is 36.1. The van der Waals surface area contributed by atoms with Crippen molar-refractivity contribution in [3.05, 3.63) is 70.3 Å². The van der Waals surface area contributed by atoms with E-state index < -0.39 is 5.97 Å². The van der Waals surface area contributed by atoms with Crippen LogP contribution in [0.3, 0.4) is 0 Å². The Bertz CT molecular complexity index is 1360. The van der Waals surface area contributed by atoms with Crippen molar-refractivity contribution in [2.45, 2.75) is 125 Å². The maximum Gasteiger partial charge on any atom is 0.303 e. The predicted octanol–water partition coefficient (Wildman–Crippen LogP) is 9.24. The minimum atomic E-state index is -0.932. The highest BCUT2D eigenvalue weighted by atomic mass is 16.4. The summed E-state index contributed by atoms with van der Waals surface area (Å²) in [6, 6.07) is 11.5. The number of fused-ring (bicyclic) bond motifs is 2. The first-order chi connectivity index (χ1) is 21.7. The van der Waals surface area contributed by atoms with Crippen LogP contribution in [-0.2, 0) is 14.4 Å². The molecule has 1 aliphatic rings. The van der Waals surface area contributed by atoms with Gasteiger partial charge >= 0.3 is 5.97 Å². The van der Waals surface area contributed by atoms with Gasteiger partial charge in [-0.2, -0.15) is 0 Å². The van der Waals surface area contributed by atoms with E-state index in [1.165, 1.54) is 6.07 Å². The molecule has 0 aromatic heterocycles. The molecule has 0 saturated carbocycles. The third-order valence-electron chi connectivity index (χ3n) is 7.80. The molecule has 0 aliphatic heterocycles. The number of carbonyl (C=O) groups is 6. The number of aliphatic carboxylic acids is 1. The van der Waals surface area contributed by atoms with Gasteiger partial charge in [0, 0.05) is 60.8 Å². The topological polar surface area (TPSA) is 159 Å². The Labute approximate surface area is 317 Å². The van der Waals surface area contributed by atoms with Crippen LogP contribution in [0.15, 0.2) is 42.5 Å². The Balaban J connectivity index is -0.000000164. The summed E-state index contributed by atoms with van der Waals surface area (Å²) in [6.07, 6.45) is 3.10. The fraction of sp³-hybridized carbons (Fsp3) is 0.571. The fourth-order valence-corrected chi connectivity index (χ4v) is 3.96. The van der Waals surface area contributed by atoms with Crippen molar-refractivity contribution in [2.24, 2.45) is 17.8 Å². The van der Waals surface area contributed by atoms with Crippen LogP contribution < -0.4 is 16.0 Å². The molecule has 0 spiro atoms. The first-order valence-corrected chi connectivity index (χ1v) is 16.1. The number of hydrogen-bond acceptors (Lipinski definition) is 6. The van der Waals surface area contributed by atoms with Gasteiger partial charge in [0.05, 0.1) is 6.42 Å². The second-order valence-corrected chi connectivity index (χ2v) is 11.8. The normalized spacial score (nSPS) is 11.7. The van der Waals surface area contributed by atoms with Crippen LogP contribution >= 0.6 is 0 Å². The van der Waals surface area contributed by atoms with E-state index in [0.717, 1.165) is 25.8 Å². The van der Waals surface area contributed by atoms with Gasteiger partial charge < -0.3 is 21.1 Å². The van der Waals surface area contributed by atoms with Crippen LogP contribution in [0.1, 0.15) is 167 Å². The molecule has 3 amide bonds. The summed E-state index contributed by atoms with van der Waals surface area (Å²) in [6.45, 7) is 16.0. The van der Waals surface area contributed by atoms with E-state index >= 15 is 0 Å². The number of carboxylic acids is 1.